The van der Waals surface area contributed by atoms with Gasteiger partial charge < -0.3 is 19.5 Å². The highest BCUT2D eigenvalue weighted by atomic mass is 79.9. The molecule has 0 radical (unpaired) electrons. The number of amides is 1. The van der Waals surface area contributed by atoms with Gasteiger partial charge in [-0.05, 0) is 82.2 Å². The number of carbonyl (C=O) groups is 1. The van der Waals surface area contributed by atoms with Crippen LogP contribution in [0.1, 0.15) is 5.56 Å². The van der Waals surface area contributed by atoms with Crippen LogP contribution in [0.15, 0.2) is 107 Å². The highest BCUT2D eigenvalue weighted by Crippen LogP contribution is 2.36. The van der Waals surface area contributed by atoms with Crippen molar-refractivity contribution in [2.75, 3.05) is 19.0 Å². The van der Waals surface area contributed by atoms with Crippen LogP contribution in [0.3, 0.4) is 0 Å². The molecule has 0 unspecified atom stereocenters. The molecule has 0 aliphatic heterocycles. The number of hydrogen-bond donors (Lipinski definition) is 1. The van der Waals surface area contributed by atoms with Gasteiger partial charge in [-0.3, -0.25) is 9.79 Å². The number of carbonyl (C=O) groups excluding carboxylic acids is 1. The van der Waals surface area contributed by atoms with Crippen molar-refractivity contribution in [1.82, 2.24) is 0 Å². The van der Waals surface area contributed by atoms with Gasteiger partial charge in [0.2, 0.25) is 0 Å². The first-order chi connectivity index (χ1) is 17.1. The molecule has 0 heterocycles. The van der Waals surface area contributed by atoms with Crippen molar-refractivity contribution in [2.24, 2.45) is 4.99 Å². The van der Waals surface area contributed by atoms with Crippen molar-refractivity contribution in [3.63, 3.8) is 0 Å². The molecule has 0 aliphatic rings. The lowest BCUT2D eigenvalue weighted by atomic mass is 10.2. The summed E-state index contributed by atoms with van der Waals surface area (Å²) < 4.78 is 17.7. The van der Waals surface area contributed by atoms with Gasteiger partial charge in [-0.15, -0.1) is 0 Å². The smallest absolute Gasteiger partial charge is 0.262 e. The molecule has 4 aromatic carbocycles. The fourth-order valence-electron chi connectivity index (χ4n) is 3.18. The lowest BCUT2D eigenvalue weighted by molar-refractivity contribution is -0.118. The van der Waals surface area contributed by atoms with Crippen LogP contribution < -0.4 is 19.5 Å². The van der Waals surface area contributed by atoms with Crippen molar-refractivity contribution >= 4 is 39.4 Å². The molecule has 4 rings (SSSR count). The number of para-hydroxylation sites is 2. The summed E-state index contributed by atoms with van der Waals surface area (Å²) in [4.78, 5) is 16.8. The van der Waals surface area contributed by atoms with Crippen LogP contribution in [-0.2, 0) is 4.79 Å². The Balaban J connectivity index is 1.39. The summed E-state index contributed by atoms with van der Waals surface area (Å²) in [5, 5.41) is 2.79. The zero-order valence-electron chi connectivity index (χ0n) is 19.0. The number of methoxy groups -OCH3 is 1. The Morgan fingerprint density at radius 2 is 1.57 bits per heavy atom. The van der Waals surface area contributed by atoms with Crippen molar-refractivity contribution < 1.29 is 19.0 Å². The van der Waals surface area contributed by atoms with E-state index in [-0.39, 0.29) is 12.5 Å². The average Bonchev–Trinajstić information content (AvgIpc) is 2.88. The number of rotatable bonds is 9. The van der Waals surface area contributed by atoms with Gasteiger partial charge in [-0.1, -0.05) is 36.4 Å². The number of benzene rings is 4. The van der Waals surface area contributed by atoms with E-state index in [0.29, 0.717) is 21.7 Å². The first kappa shape index (κ1) is 24.0. The van der Waals surface area contributed by atoms with E-state index in [0.717, 1.165) is 22.7 Å². The van der Waals surface area contributed by atoms with Crippen molar-refractivity contribution in [3.05, 3.63) is 107 Å². The third-order valence-electron chi connectivity index (χ3n) is 4.84. The Morgan fingerprint density at radius 1 is 0.914 bits per heavy atom. The van der Waals surface area contributed by atoms with Crippen LogP contribution in [0.25, 0.3) is 0 Å². The molecule has 0 bridgehead atoms. The fourth-order valence-corrected chi connectivity index (χ4v) is 3.76. The minimum Gasteiger partial charge on any atom is -0.493 e. The predicted octanol–water partition coefficient (Wildman–Crippen LogP) is 7.02. The molecule has 0 saturated heterocycles. The second-order valence-electron chi connectivity index (χ2n) is 7.40. The van der Waals surface area contributed by atoms with Crippen LogP contribution in [0.2, 0.25) is 0 Å². The zero-order chi connectivity index (χ0) is 24.5. The highest BCUT2D eigenvalue weighted by Gasteiger charge is 2.13. The molecule has 0 spiro atoms. The molecule has 6 nitrogen and oxygen atoms in total. The lowest BCUT2D eigenvalue weighted by Crippen LogP contribution is -2.20. The number of nitrogens with one attached hydrogen (secondary N) is 1. The van der Waals surface area contributed by atoms with Gasteiger partial charge in [0, 0.05) is 11.9 Å². The maximum atomic E-state index is 12.2. The highest BCUT2D eigenvalue weighted by molar-refractivity contribution is 9.10. The average molecular weight is 531 g/mol. The maximum absolute atomic E-state index is 12.2. The Bertz CT molecular complexity index is 1290. The molecule has 0 fully saturated rings. The van der Waals surface area contributed by atoms with Crippen molar-refractivity contribution in [3.8, 4) is 23.0 Å². The van der Waals surface area contributed by atoms with E-state index in [9.17, 15) is 4.79 Å². The van der Waals surface area contributed by atoms with Crippen LogP contribution >= 0.6 is 15.9 Å². The molecular weight excluding hydrogens is 508 g/mol. The Kier molecular flexibility index (Phi) is 8.14. The molecule has 0 atom stereocenters. The number of anilines is 1. The maximum Gasteiger partial charge on any atom is 0.262 e. The molecule has 1 amide bonds. The molecule has 35 heavy (non-hydrogen) atoms. The van der Waals surface area contributed by atoms with Gasteiger partial charge in [0.25, 0.3) is 5.91 Å². The summed E-state index contributed by atoms with van der Waals surface area (Å²) in [6.45, 7) is -0.158. The van der Waals surface area contributed by atoms with Crippen molar-refractivity contribution in [2.45, 2.75) is 0 Å². The first-order valence-corrected chi connectivity index (χ1v) is 11.6. The monoisotopic (exact) mass is 530 g/mol. The van der Waals surface area contributed by atoms with Gasteiger partial charge in [-0.2, -0.15) is 0 Å². The third-order valence-corrected chi connectivity index (χ3v) is 5.42. The standard InChI is InChI=1S/C28H23BrN2O4/c1-33-26-17-20(16-25(29)28(26)34-19-27(32)31-22-8-4-2-5-9-22)18-30-21-12-14-24(15-13-21)35-23-10-6-3-7-11-23/h2-18H,19H2,1H3,(H,31,32). The Hall–Kier alpha value is -4.10. The zero-order valence-corrected chi connectivity index (χ0v) is 20.6. The SMILES string of the molecule is COc1cc(C=Nc2ccc(Oc3ccccc3)cc2)cc(Br)c1OCC(=O)Nc1ccccc1. The van der Waals surface area contributed by atoms with Gasteiger partial charge in [0.05, 0.1) is 17.3 Å². The summed E-state index contributed by atoms with van der Waals surface area (Å²) in [6.07, 6.45) is 1.73. The van der Waals surface area contributed by atoms with E-state index in [1.54, 1.807) is 19.4 Å². The van der Waals surface area contributed by atoms with Crippen LogP contribution in [0.4, 0.5) is 11.4 Å². The summed E-state index contributed by atoms with van der Waals surface area (Å²) >= 11 is 3.51. The fraction of sp³-hybridized carbons (Fsp3) is 0.0714. The number of nitrogens with zero attached hydrogens (tertiary/aromatic N) is 1. The van der Waals surface area contributed by atoms with E-state index in [2.05, 4.69) is 26.2 Å². The minimum atomic E-state index is -0.268. The largest absolute Gasteiger partial charge is 0.493 e. The lowest BCUT2D eigenvalue weighted by Gasteiger charge is -2.13. The van der Waals surface area contributed by atoms with Gasteiger partial charge in [0.15, 0.2) is 18.1 Å². The molecule has 0 aliphatic carbocycles. The molecule has 176 valence electrons. The number of halogens is 1. The van der Waals surface area contributed by atoms with E-state index < -0.39 is 0 Å². The number of ether oxygens (including phenoxy) is 3. The first-order valence-electron chi connectivity index (χ1n) is 10.8. The van der Waals surface area contributed by atoms with Crippen molar-refractivity contribution in [1.29, 1.82) is 0 Å². The molecule has 0 saturated carbocycles. The Labute approximate surface area is 212 Å². The topological polar surface area (TPSA) is 69.1 Å². The Morgan fingerprint density at radius 3 is 2.26 bits per heavy atom. The van der Waals surface area contributed by atoms with Gasteiger partial charge in [-0.25, -0.2) is 0 Å². The predicted molar refractivity (Wildman–Crippen MR) is 141 cm³/mol. The molecule has 4 aromatic rings. The van der Waals surface area contributed by atoms with Crippen LogP contribution in [0, 0.1) is 0 Å². The third kappa shape index (κ3) is 6.94. The second kappa shape index (κ2) is 11.9. The molecule has 1 N–H and O–H groups in total. The molecule has 7 heteroatoms. The minimum absolute atomic E-state index is 0.158. The van der Waals surface area contributed by atoms with E-state index in [4.69, 9.17) is 14.2 Å². The number of aliphatic imine (C=N–C) groups is 1. The van der Waals surface area contributed by atoms with Crippen LogP contribution in [-0.4, -0.2) is 25.8 Å². The second-order valence-corrected chi connectivity index (χ2v) is 8.26. The summed E-state index contributed by atoms with van der Waals surface area (Å²) in [6, 6.07) is 30.0. The van der Waals surface area contributed by atoms with Gasteiger partial charge in [0.1, 0.15) is 11.5 Å². The van der Waals surface area contributed by atoms with Gasteiger partial charge >= 0.3 is 0 Å². The summed E-state index contributed by atoms with van der Waals surface area (Å²) in [7, 11) is 1.55. The summed E-state index contributed by atoms with van der Waals surface area (Å²) in [5.41, 5.74) is 2.29. The normalized spacial score (nSPS) is 10.7. The van der Waals surface area contributed by atoms with E-state index >= 15 is 0 Å². The van der Waals surface area contributed by atoms with E-state index in [1.807, 2.05) is 91.0 Å². The van der Waals surface area contributed by atoms with E-state index in [1.165, 1.54) is 0 Å². The molecular formula is C28H23BrN2O4. The van der Waals surface area contributed by atoms with Crippen LogP contribution in [0.5, 0.6) is 23.0 Å². The summed E-state index contributed by atoms with van der Waals surface area (Å²) in [5.74, 6) is 2.17. The quantitative estimate of drug-likeness (QED) is 0.236. The molecule has 0 aromatic heterocycles. The number of hydrogen-bond acceptors (Lipinski definition) is 5.